The Morgan fingerprint density at radius 3 is 0.963 bits per heavy atom. The second kappa shape index (κ2) is 39.6. The smallest absolute Gasteiger partial charge is 0.306 e. The van der Waals surface area contributed by atoms with Crippen LogP contribution in [-0.4, -0.2) is 37.2 Å². The van der Waals surface area contributed by atoms with Crippen molar-refractivity contribution in [2.45, 2.75) is 260 Å². The van der Waals surface area contributed by atoms with Crippen LogP contribution in [-0.2, 0) is 28.6 Å². The van der Waals surface area contributed by atoms with Crippen molar-refractivity contribution >= 4 is 17.9 Å². The number of unbranched alkanes of at least 4 members (excludes halogenated alkanes) is 23. The van der Waals surface area contributed by atoms with Crippen LogP contribution < -0.4 is 0 Å². The Morgan fingerprint density at radius 2 is 0.648 bits per heavy atom. The van der Waals surface area contributed by atoms with E-state index in [9.17, 15) is 14.4 Å². The van der Waals surface area contributed by atoms with E-state index in [-0.39, 0.29) is 31.1 Å². The molecule has 0 heterocycles. The zero-order chi connectivity index (χ0) is 39.9. The molecule has 0 bridgehead atoms. The molecule has 0 aromatic heterocycles. The molecule has 1 unspecified atom stereocenters. The van der Waals surface area contributed by atoms with Crippen molar-refractivity contribution in [1.82, 2.24) is 0 Å². The maximum atomic E-state index is 12.7. The molecule has 0 fully saturated rings. The summed E-state index contributed by atoms with van der Waals surface area (Å²) in [5.74, 6) is 1.58. The number of esters is 3. The molecule has 0 aliphatic heterocycles. The van der Waals surface area contributed by atoms with Crippen LogP contribution in [0.15, 0.2) is 0 Å². The second-order valence-corrected chi connectivity index (χ2v) is 17.6. The molecule has 0 aromatic carbocycles. The first-order chi connectivity index (χ1) is 26.1. The van der Waals surface area contributed by atoms with Gasteiger partial charge in [-0.2, -0.15) is 0 Å². The van der Waals surface area contributed by atoms with Crippen molar-refractivity contribution in [3.63, 3.8) is 0 Å². The largest absolute Gasteiger partial charge is 0.462 e. The summed E-state index contributed by atoms with van der Waals surface area (Å²) in [7, 11) is 0. The lowest BCUT2D eigenvalue weighted by Gasteiger charge is -2.18. The summed E-state index contributed by atoms with van der Waals surface area (Å²) in [5, 5.41) is 0. The third kappa shape index (κ3) is 40.1. The van der Waals surface area contributed by atoms with Crippen LogP contribution >= 0.6 is 0 Å². The monoisotopic (exact) mass is 765 g/mol. The van der Waals surface area contributed by atoms with Gasteiger partial charge in [0.05, 0.1) is 0 Å². The van der Waals surface area contributed by atoms with Gasteiger partial charge in [-0.15, -0.1) is 0 Å². The Bertz CT molecular complexity index is 839. The molecule has 2 atom stereocenters. The van der Waals surface area contributed by atoms with E-state index in [2.05, 4.69) is 41.5 Å². The highest BCUT2D eigenvalue weighted by Gasteiger charge is 2.19. The molecule has 0 saturated carbocycles. The highest BCUT2D eigenvalue weighted by atomic mass is 16.6. The van der Waals surface area contributed by atoms with Gasteiger partial charge < -0.3 is 14.2 Å². The summed E-state index contributed by atoms with van der Waals surface area (Å²) in [5.41, 5.74) is 0. The van der Waals surface area contributed by atoms with Crippen LogP contribution in [0.3, 0.4) is 0 Å². The Balaban J connectivity index is 4.32. The maximum absolute atomic E-state index is 12.7. The minimum absolute atomic E-state index is 0.0664. The Morgan fingerprint density at radius 1 is 0.370 bits per heavy atom. The molecule has 0 N–H and O–H groups in total. The van der Waals surface area contributed by atoms with Gasteiger partial charge in [0.25, 0.3) is 0 Å². The van der Waals surface area contributed by atoms with Gasteiger partial charge >= 0.3 is 17.9 Å². The molecule has 0 aromatic rings. The van der Waals surface area contributed by atoms with E-state index in [1.54, 1.807) is 0 Å². The van der Waals surface area contributed by atoms with E-state index in [0.717, 1.165) is 75.5 Å². The molecule has 0 radical (unpaired) electrons. The summed E-state index contributed by atoms with van der Waals surface area (Å²) in [4.78, 5) is 37.7. The molecular formula is C48H92O6. The molecule has 0 aliphatic rings. The quantitative estimate of drug-likeness (QED) is 0.0350. The fourth-order valence-corrected chi connectivity index (χ4v) is 7.02. The number of rotatable bonds is 41. The standard InChI is InChI=1S/C48H92O6/c1-7-44(6)36-30-24-20-21-26-32-38-47(50)53-41-45(54-48(51)39-33-27-19-15-14-17-23-29-35-43(4)5)40-52-46(49)37-31-25-18-13-11-9-8-10-12-16-22-28-34-42(2)3/h42-45H,7-41H2,1-6H3/t44?,45-/m1/s1. The van der Waals surface area contributed by atoms with E-state index in [1.807, 2.05) is 0 Å². The van der Waals surface area contributed by atoms with E-state index in [1.165, 1.54) is 135 Å². The second-order valence-electron chi connectivity index (χ2n) is 17.6. The van der Waals surface area contributed by atoms with Gasteiger partial charge in [0.2, 0.25) is 0 Å². The van der Waals surface area contributed by atoms with Gasteiger partial charge in [0, 0.05) is 19.3 Å². The third-order valence-electron chi connectivity index (χ3n) is 11.0. The molecule has 0 saturated heterocycles. The minimum Gasteiger partial charge on any atom is -0.462 e. The van der Waals surface area contributed by atoms with Crippen LogP contribution in [0.2, 0.25) is 0 Å². The number of hydrogen-bond acceptors (Lipinski definition) is 6. The first-order valence-electron chi connectivity index (χ1n) is 23.6. The Labute approximate surface area is 336 Å². The topological polar surface area (TPSA) is 78.9 Å². The zero-order valence-corrected chi connectivity index (χ0v) is 37.0. The van der Waals surface area contributed by atoms with E-state index < -0.39 is 6.10 Å². The first-order valence-corrected chi connectivity index (χ1v) is 23.6. The van der Waals surface area contributed by atoms with Crippen molar-refractivity contribution in [2.24, 2.45) is 17.8 Å². The summed E-state index contributed by atoms with van der Waals surface area (Å²) in [6.45, 7) is 13.6. The van der Waals surface area contributed by atoms with Gasteiger partial charge in [-0.05, 0) is 37.0 Å². The number of hydrogen-bond donors (Lipinski definition) is 0. The third-order valence-corrected chi connectivity index (χ3v) is 11.0. The average Bonchev–Trinajstić information content (AvgIpc) is 3.14. The predicted octanol–water partition coefficient (Wildman–Crippen LogP) is 14.8. The fraction of sp³-hybridized carbons (Fsp3) is 0.938. The van der Waals surface area contributed by atoms with Gasteiger partial charge in [-0.3, -0.25) is 14.4 Å². The lowest BCUT2D eigenvalue weighted by molar-refractivity contribution is -0.167. The number of carbonyl (C=O) groups excluding carboxylic acids is 3. The van der Waals surface area contributed by atoms with Crippen LogP contribution in [0.5, 0.6) is 0 Å². The molecule has 6 heteroatoms. The van der Waals surface area contributed by atoms with Gasteiger partial charge in [0.1, 0.15) is 13.2 Å². The van der Waals surface area contributed by atoms with Crippen molar-refractivity contribution in [3.05, 3.63) is 0 Å². The van der Waals surface area contributed by atoms with E-state index in [4.69, 9.17) is 14.2 Å². The van der Waals surface area contributed by atoms with Crippen LogP contribution in [0.1, 0.15) is 253 Å². The summed E-state index contributed by atoms with van der Waals surface area (Å²) < 4.78 is 16.7. The minimum atomic E-state index is -0.762. The lowest BCUT2D eigenvalue weighted by atomic mass is 10.00. The first kappa shape index (κ1) is 52.4. The van der Waals surface area contributed by atoms with Crippen molar-refractivity contribution in [3.8, 4) is 0 Å². The van der Waals surface area contributed by atoms with E-state index >= 15 is 0 Å². The molecule has 0 rings (SSSR count). The maximum Gasteiger partial charge on any atom is 0.306 e. The van der Waals surface area contributed by atoms with Crippen LogP contribution in [0, 0.1) is 17.8 Å². The number of carbonyl (C=O) groups is 3. The molecule has 0 aliphatic carbocycles. The highest BCUT2D eigenvalue weighted by molar-refractivity contribution is 5.71. The van der Waals surface area contributed by atoms with Crippen molar-refractivity contribution in [2.75, 3.05) is 13.2 Å². The number of ether oxygens (including phenoxy) is 3. The zero-order valence-electron chi connectivity index (χ0n) is 37.0. The molecule has 0 spiro atoms. The molecule has 0 amide bonds. The molecular weight excluding hydrogens is 673 g/mol. The molecule has 320 valence electrons. The highest BCUT2D eigenvalue weighted by Crippen LogP contribution is 2.17. The van der Waals surface area contributed by atoms with Crippen LogP contribution in [0.25, 0.3) is 0 Å². The summed E-state index contributed by atoms with van der Waals surface area (Å²) in [6.07, 6.45) is 36.7. The summed E-state index contributed by atoms with van der Waals surface area (Å²) >= 11 is 0. The SMILES string of the molecule is CCC(C)CCCCCCCCC(=O)OC[C@@H](COC(=O)CCCCCCCCCCCCCCC(C)C)OC(=O)CCCCCCCCCCC(C)C. The lowest BCUT2D eigenvalue weighted by Crippen LogP contribution is -2.30. The average molecular weight is 765 g/mol. The van der Waals surface area contributed by atoms with E-state index in [0.29, 0.717) is 19.3 Å². The Hall–Kier alpha value is -1.59. The van der Waals surface area contributed by atoms with Crippen LogP contribution in [0.4, 0.5) is 0 Å². The van der Waals surface area contributed by atoms with Crippen molar-refractivity contribution < 1.29 is 28.6 Å². The Kier molecular flexibility index (Phi) is 38.5. The van der Waals surface area contributed by atoms with Gasteiger partial charge in [0.15, 0.2) is 6.10 Å². The van der Waals surface area contributed by atoms with Gasteiger partial charge in [-0.25, -0.2) is 0 Å². The van der Waals surface area contributed by atoms with Crippen molar-refractivity contribution in [1.29, 1.82) is 0 Å². The molecule has 54 heavy (non-hydrogen) atoms. The fourth-order valence-electron chi connectivity index (χ4n) is 7.02. The summed E-state index contributed by atoms with van der Waals surface area (Å²) in [6, 6.07) is 0. The normalized spacial score (nSPS) is 12.7. The molecule has 6 nitrogen and oxygen atoms in total. The predicted molar refractivity (Wildman–Crippen MR) is 229 cm³/mol. The van der Waals surface area contributed by atoms with Gasteiger partial charge in [-0.1, -0.05) is 215 Å².